The Morgan fingerprint density at radius 2 is 2.15 bits per heavy atom. The van der Waals surface area contributed by atoms with Crippen molar-refractivity contribution in [1.29, 1.82) is 0 Å². The highest BCUT2D eigenvalue weighted by Gasteiger charge is 2.14. The monoisotopic (exact) mass is 182 g/mol. The molecule has 0 amide bonds. The molecular formula is C9H14N2O2. The predicted octanol–water partition coefficient (Wildman–Crippen LogP) is 0.0639. The molecule has 0 bridgehead atoms. The third-order valence-electron chi connectivity index (χ3n) is 2.04. The first-order valence-corrected chi connectivity index (χ1v) is 4.16. The van der Waals surface area contributed by atoms with E-state index in [4.69, 9.17) is 5.73 Å². The maximum Gasteiger partial charge on any atom is 0.248 e. The number of pyridine rings is 1. The highest BCUT2D eigenvalue weighted by atomic mass is 16.3. The van der Waals surface area contributed by atoms with Gasteiger partial charge in [-0.05, 0) is 19.4 Å². The van der Waals surface area contributed by atoms with E-state index in [1.165, 1.54) is 6.07 Å². The second-order valence-corrected chi connectivity index (χ2v) is 3.17. The largest absolute Gasteiger partial charge is 0.391 e. The Bertz CT molecular complexity index is 344. The molecule has 0 aliphatic carbocycles. The van der Waals surface area contributed by atoms with Gasteiger partial charge in [0.25, 0.3) is 0 Å². The summed E-state index contributed by atoms with van der Waals surface area (Å²) in [5, 5.41) is 9.25. The summed E-state index contributed by atoms with van der Waals surface area (Å²) in [6.45, 7) is 3.38. The first kappa shape index (κ1) is 9.95. The van der Waals surface area contributed by atoms with E-state index >= 15 is 0 Å². The summed E-state index contributed by atoms with van der Waals surface area (Å²) < 4.78 is 0. The zero-order valence-electron chi connectivity index (χ0n) is 7.74. The van der Waals surface area contributed by atoms with E-state index in [0.717, 1.165) is 5.56 Å². The molecule has 0 saturated carbocycles. The van der Waals surface area contributed by atoms with Gasteiger partial charge in [0, 0.05) is 11.8 Å². The van der Waals surface area contributed by atoms with Crippen molar-refractivity contribution in [3.05, 3.63) is 33.7 Å². The standard InChI is InChI=1S/C9H14N2O2/c1-5-7(9(10)6(2)12)3-4-8(13)11-5/h3-4,6,9,12H,10H2,1-2H3,(H,11,13)/t6-,9+/m0/s1. The molecule has 0 fully saturated rings. The smallest absolute Gasteiger partial charge is 0.248 e. The number of rotatable bonds is 2. The maximum atomic E-state index is 10.9. The van der Waals surface area contributed by atoms with E-state index in [0.29, 0.717) is 5.69 Å². The van der Waals surface area contributed by atoms with Crippen LogP contribution in [0.3, 0.4) is 0 Å². The molecule has 1 heterocycles. The SMILES string of the molecule is Cc1[nH]c(=O)ccc1[C@H](N)[C@H](C)O. The third-order valence-corrected chi connectivity index (χ3v) is 2.04. The summed E-state index contributed by atoms with van der Waals surface area (Å²) in [6.07, 6.45) is -0.621. The number of aliphatic hydroxyl groups excluding tert-OH is 1. The number of nitrogens with two attached hydrogens (primary N) is 1. The minimum Gasteiger partial charge on any atom is -0.391 e. The van der Waals surface area contributed by atoms with Gasteiger partial charge in [-0.3, -0.25) is 4.79 Å². The van der Waals surface area contributed by atoms with Crippen LogP contribution in [0.15, 0.2) is 16.9 Å². The van der Waals surface area contributed by atoms with Gasteiger partial charge in [-0.15, -0.1) is 0 Å². The van der Waals surface area contributed by atoms with Crippen LogP contribution in [-0.4, -0.2) is 16.2 Å². The Morgan fingerprint density at radius 1 is 1.54 bits per heavy atom. The number of aryl methyl sites for hydroxylation is 1. The van der Waals surface area contributed by atoms with E-state index in [1.54, 1.807) is 19.9 Å². The molecule has 4 N–H and O–H groups in total. The van der Waals surface area contributed by atoms with E-state index in [2.05, 4.69) is 4.98 Å². The molecule has 0 radical (unpaired) electrons. The molecule has 0 spiro atoms. The lowest BCUT2D eigenvalue weighted by molar-refractivity contribution is 0.164. The first-order chi connectivity index (χ1) is 6.02. The Kier molecular flexibility index (Phi) is 2.85. The van der Waals surface area contributed by atoms with Crippen LogP contribution in [-0.2, 0) is 0 Å². The molecule has 72 valence electrons. The highest BCUT2D eigenvalue weighted by molar-refractivity contribution is 5.22. The molecule has 0 saturated heterocycles. The van der Waals surface area contributed by atoms with Gasteiger partial charge in [0.2, 0.25) is 5.56 Å². The zero-order valence-corrected chi connectivity index (χ0v) is 7.74. The Morgan fingerprint density at radius 3 is 2.62 bits per heavy atom. The van der Waals surface area contributed by atoms with Crippen LogP contribution in [0, 0.1) is 6.92 Å². The van der Waals surface area contributed by atoms with Crippen LogP contribution < -0.4 is 11.3 Å². The van der Waals surface area contributed by atoms with Crippen molar-refractivity contribution in [2.75, 3.05) is 0 Å². The molecule has 1 aromatic heterocycles. The van der Waals surface area contributed by atoms with Crippen LogP contribution in [0.4, 0.5) is 0 Å². The summed E-state index contributed by atoms with van der Waals surface area (Å²) >= 11 is 0. The topological polar surface area (TPSA) is 79.1 Å². The lowest BCUT2D eigenvalue weighted by atomic mass is 10.0. The zero-order chi connectivity index (χ0) is 10.0. The molecule has 0 aromatic carbocycles. The normalized spacial score (nSPS) is 15.4. The molecular weight excluding hydrogens is 168 g/mol. The van der Waals surface area contributed by atoms with Crippen LogP contribution >= 0.6 is 0 Å². The fraction of sp³-hybridized carbons (Fsp3) is 0.444. The summed E-state index contributed by atoms with van der Waals surface area (Å²) in [7, 11) is 0. The number of aromatic nitrogens is 1. The lowest BCUT2D eigenvalue weighted by Gasteiger charge is -2.16. The summed E-state index contributed by atoms with van der Waals surface area (Å²) in [5.74, 6) is 0. The van der Waals surface area contributed by atoms with Gasteiger partial charge in [-0.25, -0.2) is 0 Å². The average molecular weight is 182 g/mol. The van der Waals surface area contributed by atoms with Crippen molar-refractivity contribution >= 4 is 0 Å². The molecule has 0 aliphatic heterocycles. The molecule has 4 heteroatoms. The van der Waals surface area contributed by atoms with Gasteiger partial charge in [0.05, 0.1) is 12.1 Å². The summed E-state index contributed by atoms with van der Waals surface area (Å²) in [6, 6.07) is 2.60. The van der Waals surface area contributed by atoms with Gasteiger partial charge in [0.1, 0.15) is 0 Å². The minimum absolute atomic E-state index is 0.154. The van der Waals surface area contributed by atoms with Gasteiger partial charge in [0.15, 0.2) is 0 Å². The van der Waals surface area contributed by atoms with Gasteiger partial charge >= 0.3 is 0 Å². The van der Waals surface area contributed by atoms with Crippen LogP contribution in [0.2, 0.25) is 0 Å². The van der Waals surface area contributed by atoms with Crippen molar-refractivity contribution in [2.45, 2.75) is 26.0 Å². The number of hydrogen-bond acceptors (Lipinski definition) is 3. The fourth-order valence-electron chi connectivity index (χ4n) is 1.21. The lowest BCUT2D eigenvalue weighted by Crippen LogP contribution is -2.25. The van der Waals surface area contributed by atoms with Crippen molar-refractivity contribution in [1.82, 2.24) is 4.98 Å². The van der Waals surface area contributed by atoms with Crippen molar-refractivity contribution < 1.29 is 5.11 Å². The van der Waals surface area contributed by atoms with Crippen molar-refractivity contribution in [2.24, 2.45) is 5.73 Å². The van der Waals surface area contributed by atoms with E-state index in [9.17, 15) is 9.90 Å². The quantitative estimate of drug-likeness (QED) is 0.605. The predicted molar refractivity (Wildman–Crippen MR) is 50.4 cm³/mol. The number of aromatic amines is 1. The Balaban J connectivity index is 3.08. The molecule has 2 atom stereocenters. The van der Waals surface area contributed by atoms with Crippen LogP contribution in [0.1, 0.15) is 24.2 Å². The first-order valence-electron chi connectivity index (χ1n) is 4.16. The number of aliphatic hydroxyl groups is 1. The second-order valence-electron chi connectivity index (χ2n) is 3.17. The van der Waals surface area contributed by atoms with Gasteiger partial charge < -0.3 is 15.8 Å². The number of nitrogens with one attached hydrogen (secondary N) is 1. The molecule has 1 aromatic rings. The third kappa shape index (κ3) is 2.17. The molecule has 4 nitrogen and oxygen atoms in total. The molecule has 0 unspecified atom stereocenters. The van der Waals surface area contributed by atoms with Gasteiger partial charge in [-0.1, -0.05) is 6.07 Å². The molecule has 1 rings (SSSR count). The Hall–Kier alpha value is -1.13. The fourth-order valence-corrected chi connectivity index (χ4v) is 1.21. The van der Waals surface area contributed by atoms with E-state index in [-0.39, 0.29) is 5.56 Å². The van der Waals surface area contributed by atoms with Crippen LogP contribution in [0.25, 0.3) is 0 Å². The highest BCUT2D eigenvalue weighted by Crippen LogP contribution is 2.14. The summed E-state index contributed by atoms with van der Waals surface area (Å²) in [4.78, 5) is 13.5. The van der Waals surface area contributed by atoms with Crippen molar-refractivity contribution in [3.8, 4) is 0 Å². The van der Waals surface area contributed by atoms with Crippen molar-refractivity contribution in [3.63, 3.8) is 0 Å². The van der Waals surface area contributed by atoms with Crippen LogP contribution in [0.5, 0.6) is 0 Å². The maximum absolute atomic E-state index is 10.9. The minimum atomic E-state index is -0.621. The van der Waals surface area contributed by atoms with E-state index in [1.807, 2.05) is 0 Å². The second kappa shape index (κ2) is 3.72. The number of hydrogen-bond donors (Lipinski definition) is 3. The summed E-state index contributed by atoms with van der Waals surface area (Å²) in [5.41, 5.74) is 7.04. The van der Waals surface area contributed by atoms with Gasteiger partial charge in [-0.2, -0.15) is 0 Å². The molecule has 0 aliphatic rings. The average Bonchev–Trinajstić information content (AvgIpc) is 2.03. The number of H-pyrrole nitrogens is 1. The Labute approximate surface area is 76.4 Å². The molecule has 13 heavy (non-hydrogen) atoms. The van der Waals surface area contributed by atoms with E-state index < -0.39 is 12.1 Å².